The van der Waals surface area contributed by atoms with Gasteiger partial charge in [0.25, 0.3) is 0 Å². The van der Waals surface area contributed by atoms with E-state index < -0.39 is 0 Å². The van der Waals surface area contributed by atoms with Crippen LogP contribution in [-0.2, 0) is 17.3 Å². The summed E-state index contributed by atoms with van der Waals surface area (Å²) in [6, 6.07) is 16.3. The first-order valence-corrected chi connectivity index (χ1v) is 8.08. The summed E-state index contributed by atoms with van der Waals surface area (Å²) in [5.74, 6) is 0. The third-order valence-electron chi connectivity index (χ3n) is 5.30. The summed E-state index contributed by atoms with van der Waals surface area (Å²) >= 11 is 0. The van der Waals surface area contributed by atoms with E-state index in [-0.39, 0.29) is 10.8 Å². The smallest absolute Gasteiger partial charge is 0.0186 e. The Morgan fingerprint density at radius 3 is 2.19 bits per heavy atom. The van der Waals surface area contributed by atoms with Crippen molar-refractivity contribution in [2.75, 3.05) is 0 Å². The van der Waals surface area contributed by atoms with E-state index in [4.69, 9.17) is 0 Å². The first kappa shape index (κ1) is 14.4. The van der Waals surface area contributed by atoms with Gasteiger partial charge in [-0.3, -0.25) is 0 Å². The molecule has 0 heteroatoms. The van der Waals surface area contributed by atoms with Crippen molar-refractivity contribution in [1.29, 1.82) is 0 Å². The standard InChI is InChI=1S/C21H26/c1-6-16-9-12-18-19(13-16)21(5,14-20(18,3)4)17-10-7-15(2)8-11-17/h7-13H,6,14H2,1-5H3. The van der Waals surface area contributed by atoms with Crippen LogP contribution in [0.3, 0.4) is 0 Å². The van der Waals surface area contributed by atoms with Crippen molar-refractivity contribution >= 4 is 0 Å². The fraction of sp³-hybridized carbons (Fsp3) is 0.429. The van der Waals surface area contributed by atoms with E-state index in [9.17, 15) is 0 Å². The summed E-state index contributed by atoms with van der Waals surface area (Å²) in [6.45, 7) is 11.6. The van der Waals surface area contributed by atoms with Gasteiger partial charge in [-0.05, 0) is 47.4 Å². The zero-order valence-electron chi connectivity index (χ0n) is 14.0. The second kappa shape index (κ2) is 4.73. The van der Waals surface area contributed by atoms with Crippen LogP contribution in [0.15, 0.2) is 42.5 Å². The molecule has 0 bridgehead atoms. The highest BCUT2D eigenvalue weighted by Gasteiger charge is 2.45. The van der Waals surface area contributed by atoms with E-state index in [1.54, 1.807) is 0 Å². The Kier molecular flexibility index (Phi) is 3.24. The molecule has 0 fully saturated rings. The topological polar surface area (TPSA) is 0 Å². The lowest BCUT2D eigenvalue weighted by molar-refractivity contribution is 0.425. The Morgan fingerprint density at radius 2 is 1.57 bits per heavy atom. The number of rotatable bonds is 2. The van der Waals surface area contributed by atoms with Crippen LogP contribution in [0.2, 0.25) is 0 Å². The second-order valence-electron chi connectivity index (χ2n) is 7.49. The zero-order valence-corrected chi connectivity index (χ0v) is 14.0. The molecular weight excluding hydrogens is 252 g/mol. The lowest BCUT2D eigenvalue weighted by atomic mass is 9.75. The predicted octanol–water partition coefficient (Wildman–Crippen LogP) is 5.54. The fourth-order valence-electron chi connectivity index (χ4n) is 4.11. The summed E-state index contributed by atoms with van der Waals surface area (Å²) in [6.07, 6.45) is 2.29. The van der Waals surface area contributed by atoms with Gasteiger partial charge < -0.3 is 0 Å². The zero-order chi connectivity index (χ0) is 15.3. The molecule has 21 heavy (non-hydrogen) atoms. The third kappa shape index (κ3) is 2.21. The van der Waals surface area contributed by atoms with Crippen LogP contribution < -0.4 is 0 Å². The molecule has 0 N–H and O–H groups in total. The van der Waals surface area contributed by atoms with Gasteiger partial charge in [-0.15, -0.1) is 0 Å². The molecule has 0 aliphatic heterocycles. The SMILES string of the molecule is CCc1ccc2c(c1)C(C)(c1ccc(C)cc1)CC2(C)C. The van der Waals surface area contributed by atoms with E-state index >= 15 is 0 Å². The molecule has 3 rings (SSSR count). The van der Waals surface area contributed by atoms with E-state index in [0.29, 0.717) is 0 Å². The molecule has 2 aromatic carbocycles. The summed E-state index contributed by atoms with van der Waals surface area (Å²) in [7, 11) is 0. The maximum Gasteiger partial charge on any atom is 0.0186 e. The molecule has 2 aromatic rings. The van der Waals surface area contributed by atoms with Crippen LogP contribution >= 0.6 is 0 Å². The highest BCUT2D eigenvalue weighted by molar-refractivity contribution is 5.53. The van der Waals surface area contributed by atoms with Gasteiger partial charge in [0.2, 0.25) is 0 Å². The number of fused-ring (bicyclic) bond motifs is 1. The maximum absolute atomic E-state index is 2.45. The van der Waals surface area contributed by atoms with Crippen molar-refractivity contribution < 1.29 is 0 Å². The number of hydrogen-bond acceptors (Lipinski definition) is 0. The Balaban J connectivity index is 2.20. The molecule has 110 valence electrons. The number of benzene rings is 2. The summed E-state index contributed by atoms with van der Waals surface area (Å²) < 4.78 is 0. The van der Waals surface area contributed by atoms with Gasteiger partial charge >= 0.3 is 0 Å². The van der Waals surface area contributed by atoms with Crippen molar-refractivity contribution in [3.05, 3.63) is 70.3 Å². The minimum Gasteiger partial charge on any atom is -0.0613 e. The average molecular weight is 278 g/mol. The van der Waals surface area contributed by atoms with E-state index in [2.05, 4.69) is 77.1 Å². The monoisotopic (exact) mass is 278 g/mol. The van der Waals surface area contributed by atoms with Crippen molar-refractivity contribution in [3.8, 4) is 0 Å². The van der Waals surface area contributed by atoms with E-state index in [0.717, 1.165) is 6.42 Å². The average Bonchev–Trinajstić information content (AvgIpc) is 2.67. The highest BCUT2D eigenvalue weighted by Crippen LogP contribution is 2.52. The van der Waals surface area contributed by atoms with E-state index in [1.165, 1.54) is 34.2 Å². The maximum atomic E-state index is 2.45. The van der Waals surface area contributed by atoms with Crippen LogP contribution in [0.25, 0.3) is 0 Å². The normalized spacial score (nSPS) is 23.1. The van der Waals surface area contributed by atoms with Gasteiger partial charge in [-0.2, -0.15) is 0 Å². The van der Waals surface area contributed by atoms with Crippen molar-refractivity contribution in [3.63, 3.8) is 0 Å². The lowest BCUT2D eigenvalue weighted by Gasteiger charge is -2.28. The summed E-state index contributed by atoms with van der Waals surface area (Å²) in [4.78, 5) is 0. The summed E-state index contributed by atoms with van der Waals surface area (Å²) in [5.41, 5.74) is 7.69. The Bertz CT molecular complexity index is 661. The van der Waals surface area contributed by atoms with Gasteiger partial charge in [-0.1, -0.05) is 75.7 Å². The van der Waals surface area contributed by atoms with Crippen molar-refractivity contribution in [1.82, 2.24) is 0 Å². The minimum absolute atomic E-state index is 0.137. The van der Waals surface area contributed by atoms with Gasteiger partial charge in [-0.25, -0.2) is 0 Å². The quantitative estimate of drug-likeness (QED) is 0.676. The first-order valence-electron chi connectivity index (χ1n) is 8.08. The van der Waals surface area contributed by atoms with Gasteiger partial charge in [0.15, 0.2) is 0 Å². The molecule has 0 nitrogen and oxygen atoms in total. The lowest BCUT2D eigenvalue weighted by Crippen LogP contribution is -2.23. The van der Waals surface area contributed by atoms with E-state index in [1.807, 2.05) is 0 Å². The van der Waals surface area contributed by atoms with Gasteiger partial charge in [0.1, 0.15) is 0 Å². The van der Waals surface area contributed by atoms with Crippen LogP contribution in [0.1, 0.15) is 61.9 Å². The Morgan fingerprint density at radius 1 is 0.905 bits per heavy atom. The van der Waals surface area contributed by atoms with Gasteiger partial charge in [0.05, 0.1) is 0 Å². The van der Waals surface area contributed by atoms with Crippen LogP contribution in [0, 0.1) is 6.92 Å². The molecule has 0 aromatic heterocycles. The van der Waals surface area contributed by atoms with Crippen LogP contribution in [-0.4, -0.2) is 0 Å². The largest absolute Gasteiger partial charge is 0.0613 e. The summed E-state index contributed by atoms with van der Waals surface area (Å²) in [5, 5.41) is 0. The molecular formula is C21H26. The molecule has 1 aliphatic carbocycles. The third-order valence-corrected chi connectivity index (χ3v) is 5.30. The molecule has 0 amide bonds. The van der Waals surface area contributed by atoms with Gasteiger partial charge in [0, 0.05) is 5.41 Å². The Labute approximate surface area is 129 Å². The highest BCUT2D eigenvalue weighted by atomic mass is 14.5. The molecule has 0 heterocycles. The van der Waals surface area contributed by atoms with Crippen molar-refractivity contribution in [2.45, 2.75) is 58.3 Å². The molecule has 1 atom stereocenters. The minimum atomic E-state index is 0.137. The first-order chi connectivity index (χ1) is 9.87. The molecule has 1 unspecified atom stereocenters. The second-order valence-corrected chi connectivity index (χ2v) is 7.49. The predicted molar refractivity (Wildman–Crippen MR) is 91.1 cm³/mol. The fourth-order valence-corrected chi connectivity index (χ4v) is 4.11. The molecule has 1 aliphatic rings. The van der Waals surface area contributed by atoms with Crippen LogP contribution in [0.5, 0.6) is 0 Å². The van der Waals surface area contributed by atoms with Crippen LogP contribution in [0.4, 0.5) is 0 Å². The Hall–Kier alpha value is -1.56. The molecule has 0 saturated carbocycles. The van der Waals surface area contributed by atoms with Crippen molar-refractivity contribution in [2.24, 2.45) is 0 Å². The molecule has 0 radical (unpaired) electrons. The number of hydrogen-bond donors (Lipinski definition) is 0. The molecule has 0 saturated heterocycles. The molecule has 0 spiro atoms. The number of aryl methyl sites for hydroxylation is 2.